The normalized spacial score (nSPS) is 10.3. The number of methoxy groups -OCH3 is 1. The van der Waals surface area contributed by atoms with Crippen molar-refractivity contribution in [3.8, 4) is 11.6 Å². The van der Waals surface area contributed by atoms with Gasteiger partial charge in [0, 0.05) is 6.42 Å². The standard InChI is InChI=1S/C12H11NO4S/c1-17-8-4-2-7(3-5-8)6-9-13-11(14)10(18-9)12(15)16/h2-5,14H,6H2,1H3,(H,15,16). The van der Waals surface area contributed by atoms with Gasteiger partial charge in [-0.3, -0.25) is 0 Å². The van der Waals surface area contributed by atoms with E-state index in [1.165, 1.54) is 0 Å². The summed E-state index contributed by atoms with van der Waals surface area (Å²) in [5.74, 6) is -0.825. The number of rotatable bonds is 4. The van der Waals surface area contributed by atoms with Crippen molar-refractivity contribution in [2.24, 2.45) is 0 Å². The molecule has 2 aromatic rings. The number of carbonyl (C=O) groups is 1. The molecule has 0 atom stereocenters. The van der Waals surface area contributed by atoms with Crippen LogP contribution in [-0.4, -0.2) is 28.3 Å². The molecule has 0 amide bonds. The molecular formula is C12H11NO4S. The number of carboxylic acids is 1. The molecule has 0 radical (unpaired) electrons. The molecule has 1 aromatic carbocycles. The summed E-state index contributed by atoms with van der Waals surface area (Å²) in [4.78, 5) is 14.5. The molecule has 5 nitrogen and oxygen atoms in total. The van der Waals surface area contributed by atoms with Gasteiger partial charge in [0.05, 0.1) is 7.11 Å². The fourth-order valence-electron chi connectivity index (χ4n) is 1.49. The van der Waals surface area contributed by atoms with Crippen molar-refractivity contribution in [2.75, 3.05) is 7.11 Å². The van der Waals surface area contributed by atoms with Crippen molar-refractivity contribution in [3.05, 3.63) is 39.7 Å². The number of aromatic hydroxyl groups is 1. The number of nitrogens with zero attached hydrogens (tertiary/aromatic N) is 1. The molecule has 2 rings (SSSR count). The maximum atomic E-state index is 10.8. The summed E-state index contributed by atoms with van der Waals surface area (Å²) in [6.07, 6.45) is 0.482. The Morgan fingerprint density at radius 2 is 2.06 bits per heavy atom. The summed E-state index contributed by atoms with van der Waals surface area (Å²) < 4.78 is 5.04. The predicted octanol–water partition coefficient (Wildman–Crippen LogP) is 2.15. The Kier molecular flexibility index (Phi) is 3.47. The van der Waals surface area contributed by atoms with E-state index in [1.54, 1.807) is 7.11 Å². The Hall–Kier alpha value is -2.08. The van der Waals surface area contributed by atoms with Crippen LogP contribution >= 0.6 is 11.3 Å². The lowest BCUT2D eigenvalue weighted by Gasteiger charge is -2.01. The van der Waals surface area contributed by atoms with E-state index in [-0.39, 0.29) is 4.88 Å². The lowest BCUT2D eigenvalue weighted by atomic mass is 10.1. The molecule has 1 aromatic heterocycles. The Bertz CT molecular complexity index is 562. The van der Waals surface area contributed by atoms with Crippen molar-refractivity contribution >= 4 is 17.3 Å². The molecule has 2 N–H and O–H groups in total. The molecule has 0 fully saturated rings. The molecule has 6 heteroatoms. The van der Waals surface area contributed by atoms with Crippen LogP contribution in [0.4, 0.5) is 0 Å². The first-order valence-electron chi connectivity index (χ1n) is 5.15. The number of benzene rings is 1. The minimum absolute atomic E-state index is 0.126. The molecule has 0 bridgehead atoms. The van der Waals surface area contributed by atoms with Gasteiger partial charge in [0.25, 0.3) is 0 Å². The Balaban J connectivity index is 2.18. The van der Waals surface area contributed by atoms with E-state index in [0.717, 1.165) is 22.6 Å². The fourth-order valence-corrected chi connectivity index (χ4v) is 2.32. The van der Waals surface area contributed by atoms with Gasteiger partial charge in [-0.1, -0.05) is 12.1 Å². The van der Waals surface area contributed by atoms with E-state index in [4.69, 9.17) is 9.84 Å². The van der Waals surface area contributed by atoms with Crippen LogP contribution in [0.5, 0.6) is 11.6 Å². The summed E-state index contributed by atoms with van der Waals surface area (Å²) in [6, 6.07) is 7.39. The molecule has 0 unspecified atom stereocenters. The molecule has 0 spiro atoms. The third-order valence-corrected chi connectivity index (χ3v) is 3.39. The lowest BCUT2D eigenvalue weighted by Crippen LogP contribution is -1.91. The monoisotopic (exact) mass is 265 g/mol. The summed E-state index contributed by atoms with van der Waals surface area (Å²) in [7, 11) is 1.59. The van der Waals surface area contributed by atoms with Crippen LogP contribution in [0.25, 0.3) is 0 Å². The van der Waals surface area contributed by atoms with Crippen LogP contribution in [0.3, 0.4) is 0 Å². The quantitative estimate of drug-likeness (QED) is 0.885. The topological polar surface area (TPSA) is 79.7 Å². The van der Waals surface area contributed by atoms with Gasteiger partial charge in [-0.2, -0.15) is 0 Å². The maximum Gasteiger partial charge on any atom is 0.351 e. The van der Waals surface area contributed by atoms with E-state index in [1.807, 2.05) is 24.3 Å². The van der Waals surface area contributed by atoms with Crippen LogP contribution in [-0.2, 0) is 6.42 Å². The Morgan fingerprint density at radius 1 is 1.39 bits per heavy atom. The molecule has 0 aliphatic rings. The fraction of sp³-hybridized carbons (Fsp3) is 0.167. The number of thiazole rings is 1. The minimum Gasteiger partial charge on any atom is -0.497 e. The summed E-state index contributed by atoms with van der Waals surface area (Å²) in [5, 5.41) is 18.7. The minimum atomic E-state index is -1.16. The summed E-state index contributed by atoms with van der Waals surface area (Å²) in [6.45, 7) is 0. The Labute approximate surface area is 107 Å². The van der Waals surface area contributed by atoms with Gasteiger partial charge < -0.3 is 14.9 Å². The van der Waals surface area contributed by atoms with Gasteiger partial charge >= 0.3 is 5.97 Å². The van der Waals surface area contributed by atoms with E-state index >= 15 is 0 Å². The number of ether oxygens (including phenoxy) is 1. The van der Waals surface area contributed by atoms with Crippen LogP contribution in [0.1, 0.15) is 20.2 Å². The second kappa shape index (κ2) is 5.05. The number of hydrogen-bond donors (Lipinski definition) is 2. The van der Waals surface area contributed by atoms with Crippen molar-refractivity contribution in [1.82, 2.24) is 4.98 Å². The van der Waals surface area contributed by atoms with Crippen molar-refractivity contribution in [1.29, 1.82) is 0 Å². The average molecular weight is 265 g/mol. The largest absolute Gasteiger partial charge is 0.497 e. The smallest absolute Gasteiger partial charge is 0.351 e. The molecule has 0 aliphatic heterocycles. The predicted molar refractivity (Wildman–Crippen MR) is 66.5 cm³/mol. The van der Waals surface area contributed by atoms with Crippen LogP contribution < -0.4 is 4.74 Å². The molecule has 0 aliphatic carbocycles. The highest BCUT2D eigenvalue weighted by Gasteiger charge is 2.16. The zero-order valence-corrected chi connectivity index (χ0v) is 10.4. The van der Waals surface area contributed by atoms with Gasteiger partial charge in [-0.15, -0.1) is 11.3 Å². The molecule has 0 saturated carbocycles. The maximum absolute atomic E-state index is 10.8. The van der Waals surface area contributed by atoms with Crippen molar-refractivity contribution in [2.45, 2.75) is 6.42 Å². The van der Waals surface area contributed by atoms with Crippen LogP contribution in [0.2, 0.25) is 0 Å². The highest BCUT2D eigenvalue weighted by Crippen LogP contribution is 2.26. The molecule has 18 heavy (non-hydrogen) atoms. The highest BCUT2D eigenvalue weighted by atomic mass is 32.1. The van der Waals surface area contributed by atoms with Crippen LogP contribution in [0, 0.1) is 0 Å². The first-order chi connectivity index (χ1) is 8.60. The Morgan fingerprint density at radius 3 is 2.56 bits per heavy atom. The first-order valence-corrected chi connectivity index (χ1v) is 5.96. The van der Waals surface area contributed by atoms with E-state index in [2.05, 4.69) is 4.98 Å². The third-order valence-electron chi connectivity index (χ3n) is 2.36. The molecule has 1 heterocycles. The molecule has 94 valence electrons. The second-order valence-corrected chi connectivity index (χ2v) is 4.67. The first kappa shape index (κ1) is 12.4. The third kappa shape index (κ3) is 2.60. The van der Waals surface area contributed by atoms with Crippen molar-refractivity contribution in [3.63, 3.8) is 0 Å². The summed E-state index contributed by atoms with van der Waals surface area (Å²) >= 11 is 0.980. The van der Waals surface area contributed by atoms with E-state index < -0.39 is 11.8 Å². The zero-order valence-electron chi connectivity index (χ0n) is 9.58. The lowest BCUT2D eigenvalue weighted by molar-refractivity contribution is 0.0699. The van der Waals surface area contributed by atoms with E-state index in [0.29, 0.717) is 11.4 Å². The second-order valence-electron chi connectivity index (χ2n) is 3.59. The van der Waals surface area contributed by atoms with Gasteiger partial charge in [0.2, 0.25) is 5.88 Å². The van der Waals surface area contributed by atoms with Gasteiger partial charge in [-0.05, 0) is 17.7 Å². The average Bonchev–Trinajstić information content (AvgIpc) is 2.71. The summed E-state index contributed by atoms with van der Waals surface area (Å²) in [5.41, 5.74) is 0.974. The van der Waals surface area contributed by atoms with Crippen LogP contribution in [0.15, 0.2) is 24.3 Å². The number of aromatic nitrogens is 1. The molecule has 0 saturated heterocycles. The SMILES string of the molecule is COc1ccc(Cc2nc(O)c(C(=O)O)s2)cc1. The van der Waals surface area contributed by atoms with Gasteiger partial charge in [0.1, 0.15) is 10.8 Å². The van der Waals surface area contributed by atoms with Gasteiger partial charge in [-0.25, -0.2) is 9.78 Å². The number of aromatic carboxylic acids is 1. The zero-order chi connectivity index (χ0) is 13.1. The highest BCUT2D eigenvalue weighted by molar-refractivity contribution is 7.13. The van der Waals surface area contributed by atoms with E-state index in [9.17, 15) is 9.90 Å². The number of hydrogen-bond acceptors (Lipinski definition) is 5. The molecular weight excluding hydrogens is 254 g/mol. The van der Waals surface area contributed by atoms with Gasteiger partial charge in [0.15, 0.2) is 4.88 Å². The number of carboxylic acid groups (broad SMARTS) is 1. The van der Waals surface area contributed by atoms with Crippen molar-refractivity contribution < 1.29 is 19.7 Å².